The van der Waals surface area contributed by atoms with Crippen molar-refractivity contribution in [3.05, 3.63) is 36.0 Å². The molecule has 2 aromatic rings. The summed E-state index contributed by atoms with van der Waals surface area (Å²) in [6, 6.07) is 9.25. The zero-order chi connectivity index (χ0) is 14.2. The number of benzene rings is 1. The van der Waals surface area contributed by atoms with Gasteiger partial charge in [-0.3, -0.25) is 5.32 Å². The van der Waals surface area contributed by atoms with Crippen LogP contribution >= 0.6 is 0 Å². The number of nitrogens with one attached hydrogen (secondary N) is 2. The van der Waals surface area contributed by atoms with Crippen LogP contribution < -0.4 is 5.32 Å². The van der Waals surface area contributed by atoms with Gasteiger partial charge in [0, 0.05) is 12.1 Å². The molecule has 106 valence electrons. The summed E-state index contributed by atoms with van der Waals surface area (Å²) in [5.41, 5.74) is 0.164. The molecule has 1 fully saturated rings. The van der Waals surface area contributed by atoms with E-state index in [0.29, 0.717) is 11.4 Å². The Balaban J connectivity index is 1.76. The molecule has 7 heteroatoms. The van der Waals surface area contributed by atoms with Crippen LogP contribution in [0.25, 0.3) is 11.3 Å². The maximum Gasteiger partial charge on any atom is 0.406 e. The first-order chi connectivity index (χ1) is 9.52. The van der Waals surface area contributed by atoms with Crippen molar-refractivity contribution in [1.29, 1.82) is 0 Å². The summed E-state index contributed by atoms with van der Waals surface area (Å²) in [4.78, 5) is 0. The monoisotopic (exact) mass is 282 g/mol. The quantitative estimate of drug-likeness (QED) is 0.906. The third kappa shape index (κ3) is 2.29. The fraction of sp³-hybridized carbons (Fsp3) is 0.385. The number of aromatic nitrogens is 3. The third-order valence-corrected chi connectivity index (χ3v) is 3.55. The lowest BCUT2D eigenvalue weighted by Gasteiger charge is -2.20. The molecule has 0 bridgehead atoms. The van der Waals surface area contributed by atoms with E-state index in [0.717, 1.165) is 5.56 Å². The highest BCUT2D eigenvalue weighted by Gasteiger charge is 2.63. The van der Waals surface area contributed by atoms with Gasteiger partial charge in [0.25, 0.3) is 0 Å². The van der Waals surface area contributed by atoms with Gasteiger partial charge in [0.1, 0.15) is 16.9 Å². The van der Waals surface area contributed by atoms with Crippen molar-refractivity contribution in [3.63, 3.8) is 0 Å². The van der Waals surface area contributed by atoms with E-state index in [1.807, 2.05) is 30.3 Å². The summed E-state index contributed by atoms with van der Waals surface area (Å²) in [5, 5.41) is 13.0. The van der Waals surface area contributed by atoms with Gasteiger partial charge in [0.15, 0.2) is 0 Å². The van der Waals surface area contributed by atoms with Gasteiger partial charge < -0.3 is 0 Å². The molecule has 3 rings (SSSR count). The molecule has 4 nitrogen and oxygen atoms in total. The molecule has 0 spiro atoms. The number of rotatable bonds is 4. The van der Waals surface area contributed by atoms with Gasteiger partial charge in [-0.1, -0.05) is 30.3 Å². The molecule has 1 heterocycles. The fourth-order valence-electron chi connectivity index (χ4n) is 2.14. The molecule has 0 aliphatic heterocycles. The van der Waals surface area contributed by atoms with Gasteiger partial charge in [-0.2, -0.15) is 28.6 Å². The van der Waals surface area contributed by atoms with Crippen LogP contribution in [0.5, 0.6) is 0 Å². The van der Waals surface area contributed by atoms with E-state index >= 15 is 0 Å². The van der Waals surface area contributed by atoms with Crippen molar-refractivity contribution < 1.29 is 13.2 Å². The van der Waals surface area contributed by atoms with E-state index in [9.17, 15) is 13.2 Å². The molecule has 0 atom stereocenters. The van der Waals surface area contributed by atoms with Crippen molar-refractivity contribution in [2.24, 2.45) is 0 Å². The number of aromatic amines is 1. The van der Waals surface area contributed by atoms with Crippen molar-refractivity contribution >= 4 is 0 Å². The first kappa shape index (κ1) is 13.1. The predicted octanol–water partition coefficient (Wildman–Crippen LogP) is 2.66. The maximum atomic E-state index is 12.8. The molecule has 0 unspecified atom stereocenters. The topological polar surface area (TPSA) is 53.6 Å². The standard InChI is InChI=1S/C13H13F3N4/c14-13(15,16)12(6-7-12)17-8-10-11(19-20-18-10)9-4-2-1-3-5-9/h1-5,17H,6-8H2,(H,18,19,20). The van der Waals surface area contributed by atoms with Gasteiger partial charge >= 0.3 is 6.18 Å². The minimum atomic E-state index is -4.22. The van der Waals surface area contributed by atoms with Crippen molar-refractivity contribution in [3.8, 4) is 11.3 Å². The summed E-state index contributed by atoms with van der Waals surface area (Å²) in [6.07, 6.45) is -3.98. The van der Waals surface area contributed by atoms with Gasteiger partial charge in [0.05, 0.1) is 0 Å². The molecule has 1 aliphatic carbocycles. The molecule has 0 radical (unpaired) electrons. The third-order valence-electron chi connectivity index (χ3n) is 3.55. The second-order valence-corrected chi connectivity index (χ2v) is 4.92. The van der Waals surface area contributed by atoms with Crippen LogP contribution in [-0.2, 0) is 6.54 Å². The Morgan fingerprint density at radius 3 is 2.45 bits per heavy atom. The van der Waals surface area contributed by atoms with Gasteiger partial charge in [-0.05, 0) is 12.8 Å². The minimum absolute atomic E-state index is 0.0419. The van der Waals surface area contributed by atoms with Crippen LogP contribution in [0.15, 0.2) is 30.3 Å². The normalized spacial score (nSPS) is 17.1. The Bertz CT molecular complexity index is 587. The Morgan fingerprint density at radius 2 is 1.85 bits per heavy atom. The average Bonchev–Trinajstić information content (AvgIpc) is 3.09. The van der Waals surface area contributed by atoms with E-state index < -0.39 is 11.7 Å². The van der Waals surface area contributed by atoms with Crippen molar-refractivity contribution in [1.82, 2.24) is 20.7 Å². The molecule has 1 aromatic heterocycles. The zero-order valence-corrected chi connectivity index (χ0v) is 10.5. The summed E-state index contributed by atoms with van der Waals surface area (Å²) in [6.45, 7) is 0.0419. The Kier molecular flexibility index (Phi) is 3.01. The molecular formula is C13H13F3N4. The van der Waals surface area contributed by atoms with Gasteiger partial charge in [-0.25, -0.2) is 0 Å². The highest BCUT2D eigenvalue weighted by atomic mass is 19.4. The number of hydrogen-bond donors (Lipinski definition) is 2. The summed E-state index contributed by atoms with van der Waals surface area (Å²) >= 11 is 0. The smallest absolute Gasteiger partial charge is 0.298 e. The molecule has 2 N–H and O–H groups in total. The van der Waals surface area contributed by atoms with E-state index in [-0.39, 0.29) is 19.4 Å². The first-order valence-corrected chi connectivity index (χ1v) is 6.29. The summed E-state index contributed by atoms with van der Waals surface area (Å²) in [7, 11) is 0. The maximum absolute atomic E-state index is 12.8. The lowest BCUT2D eigenvalue weighted by molar-refractivity contribution is -0.166. The Morgan fingerprint density at radius 1 is 1.15 bits per heavy atom. The van der Waals surface area contributed by atoms with Crippen LogP contribution in [0.4, 0.5) is 13.2 Å². The number of alkyl halides is 3. The van der Waals surface area contributed by atoms with Gasteiger partial charge in [-0.15, -0.1) is 0 Å². The number of halogens is 3. The largest absolute Gasteiger partial charge is 0.406 e. The van der Waals surface area contributed by atoms with Crippen molar-refractivity contribution in [2.75, 3.05) is 0 Å². The van der Waals surface area contributed by atoms with Crippen molar-refractivity contribution in [2.45, 2.75) is 31.1 Å². The zero-order valence-electron chi connectivity index (χ0n) is 10.5. The first-order valence-electron chi connectivity index (χ1n) is 6.29. The second kappa shape index (κ2) is 4.59. The molecule has 1 aliphatic rings. The molecule has 1 saturated carbocycles. The van der Waals surface area contributed by atoms with Crippen LogP contribution in [-0.4, -0.2) is 27.1 Å². The Hall–Kier alpha value is -1.89. The van der Waals surface area contributed by atoms with Crippen LogP contribution in [0.2, 0.25) is 0 Å². The predicted molar refractivity (Wildman–Crippen MR) is 66.7 cm³/mol. The summed E-state index contributed by atoms with van der Waals surface area (Å²) in [5.74, 6) is 0. The lowest BCUT2D eigenvalue weighted by Crippen LogP contribution is -2.44. The van der Waals surface area contributed by atoms with Crippen LogP contribution in [0, 0.1) is 0 Å². The Labute approximate surface area is 113 Å². The highest BCUT2D eigenvalue weighted by molar-refractivity contribution is 5.60. The summed E-state index contributed by atoms with van der Waals surface area (Å²) < 4.78 is 38.5. The molecule has 0 saturated heterocycles. The molecular weight excluding hydrogens is 269 g/mol. The number of nitrogens with zero attached hydrogens (tertiary/aromatic N) is 2. The van der Waals surface area contributed by atoms with Crippen LogP contribution in [0.1, 0.15) is 18.5 Å². The molecule has 0 amide bonds. The number of hydrogen-bond acceptors (Lipinski definition) is 3. The second-order valence-electron chi connectivity index (χ2n) is 4.92. The highest BCUT2D eigenvalue weighted by Crippen LogP contribution is 2.49. The van der Waals surface area contributed by atoms with E-state index in [1.165, 1.54) is 0 Å². The lowest BCUT2D eigenvalue weighted by atomic mass is 10.1. The van der Waals surface area contributed by atoms with Gasteiger partial charge in [0.2, 0.25) is 0 Å². The minimum Gasteiger partial charge on any atom is -0.298 e. The fourth-order valence-corrected chi connectivity index (χ4v) is 2.14. The average molecular weight is 282 g/mol. The van der Waals surface area contributed by atoms with E-state index in [4.69, 9.17) is 0 Å². The van der Waals surface area contributed by atoms with Crippen LogP contribution in [0.3, 0.4) is 0 Å². The SMILES string of the molecule is FC(F)(F)C1(NCc2n[nH]nc2-c2ccccc2)CC1. The van der Waals surface area contributed by atoms with E-state index in [1.54, 1.807) is 0 Å². The molecule has 20 heavy (non-hydrogen) atoms. The molecule has 1 aromatic carbocycles. The van der Waals surface area contributed by atoms with E-state index in [2.05, 4.69) is 20.7 Å². The number of H-pyrrole nitrogens is 1.